The van der Waals surface area contributed by atoms with E-state index in [9.17, 15) is 0 Å². The lowest BCUT2D eigenvalue weighted by atomic mass is 9.96. The molecule has 0 atom stereocenters. The fourth-order valence-corrected chi connectivity index (χ4v) is 2.74. The molecular formula is C17H24N2. The van der Waals surface area contributed by atoms with Crippen molar-refractivity contribution >= 4 is 16.6 Å². The maximum Gasteiger partial charge on any atom is 0.0726 e. The maximum atomic E-state index is 6.38. The fourth-order valence-electron chi connectivity index (χ4n) is 2.74. The van der Waals surface area contributed by atoms with Crippen LogP contribution in [0.3, 0.4) is 0 Å². The van der Waals surface area contributed by atoms with Gasteiger partial charge in [0.15, 0.2) is 0 Å². The highest BCUT2D eigenvalue weighted by atomic mass is 14.7. The summed E-state index contributed by atoms with van der Waals surface area (Å²) in [5.74, 6) is 0.413. The molecule has 0 aliphatic rings. The Kier molecular flexibility index (Phi) is 4.08. The minimum absolute atomic E-state index is 0.413. The van der Waals surface area contributed by atoms with Crippen molar-refractivity contribution in [1.82, 2.24) is 4.98 Å². The summed E-state index contributed by atoms with van der Waals surface area (Å²) in [6, 6.07) is 6.51. The summed E-state index contributed by atoms with van der Waals surface area (Å²) in [7, 11) is 0. The normalized spacial score (nSPS) is 11.4. The highest BCUT2D eigenvalue weighted by Gasteiger charge is 2.13. The second kappa shape index (κ2) is 5.60. The number of pyridine rings is 1. The molecule has 0 spiro atoms. The number of nitrogen functional groups attached to an aromatic ring is 1. The molecule has 0 aliphatic carbocycles. The van der Waals surface area contributed by atoms with E-state index in [0.717, 1.165) is 28.7 Å². The first kappa shape index (κ1) is 13.9. The number of anilines is 1. The first-order chi connectivity index (χ1) is 9.04. The van der Waals surface area contributed by atoms with Crippen molar-refractivity contribution in [3.8, 4) is 0 Å². The lowest BCUT2D eigenvalue weighted by Gasteiger charge is -2.15. The van der Waals surface area contributed by atoms with Gasteiger partial charge < -0.3 is 5.73 Å². The minimum atomic E-state index is 0.413. The largest absolute Gasteiger partial charge is 0.398 e. The Morgan fingerprint density at radius 2 is 2.00 bits per heavy atom. The van der Waals surface area contributed by atoms with Crippen molar-refractivity contribution in [2.45, 2.75) is 52.9 Å². The minimum Gasteiger partial charge on any atom is -0.398 e. The van der Waals surface area contributed by atoms with Gasteiger partial charge in [0.05, 0.1) is 5.52 Å². The molecule has 0 bridgehead atoms. The van der Waals surface area contributed by atoms with E-state index >= 15 is 0 Å². The van der Waals surface area contributed by atoms with Crippen molar-refractivity contribution in [3.05, 3.63) is 35.0 Å². The van der Waals surface area contributed by atoms with Crippen LogP contribution in [0.5, 0.6) is 0 Å². The van der Waals surface area contributed by atoms with E-state index in [-0.39, 0.29) is 0 Å². The second-order valence-corrected chi connectivity index (χ2v) is 5.63. The number of nitrogens with two attached hydrogens (primary N) is 1. The molecule has 2 heteroatoms. The van der Waals surface area contributed by atoms with Gasteiger partial charge >= 0.3 is 0 Å². The summed E-state index contributed by atoms with van der Waals surface area (Å²) in [5, 5.41) is 1.11. The predicted octanol–water partition coefficient (Wildman–Crippen LogP) is 4.59. The molecule has 1 heterocycles. The zero-order valence-corrected chi connectivity index (χ0v) is 12.5. The van der Waals surface area contributed by atoms with Gasteiger partial charge in [0.25, 0.3) is 0 Å². The van der Waals surface area contributed by atoms with E-state index in [1.165, 1.54) is 24.0 Å². The third-order valence-electron chi connectivity index (χ3n) is 3.72. The lowest BCUT2D eigenvalue weighted by Crippen LogP contribution is -2.03. The highest BCUT2D eigenvalue weighted by molar-refractivity contribution is 5.92. The van der Waals surface area contributed by atoms with Crippen LogP contribution in [0, 0.1) is 6.92 Å². The summed E-state index contributed by atoms with van der Waals surface area (Å²) in [6.07, 6.45) is 3.56. The Morgan fingerprint density at radius 1 is 1.26 bits per heavy atom. The lowest BCUT2D eigenvalue weighted by molar-refractivity contribution is 0.795. The van der Waals surface area contributed by atoms with Crippen molar-refractivity contribution in [2.75, 3.05) is 5.73 Å². The number of unbranched alkanes of at least 4 members (excludes halogenated alkanes) is 1. The Bertz CT molecular complexity index is 585. The standard InChI is InChI=1S/C17H24N2/c1-5-6-7-13-8-9-15-14(10-13)17(18)16(11(2)3)12(4)19-15/h8-11H,5-7H2,1-4H3,(H2,18,19). The Hall–Kier alpha value is -1.57. The van der Waals surface area contributed by atoms with Gasteiger partial charge in [0, 0.05) is 16.8 Å². The number of hydrogen-bond acceptors (Lipinski definition) is 2. The van der Waals surface area contributed by atoms with E-state index < -0.39 is 0 Å². The average Bonchev–Trinajstić information content (AvgIpc) is 2.36. The van der Waals surface area contributed by atoms with Crippen molar-refractivity contribution in [3.63, 3.8) is 0 Å². The second-order valence-electron chi connectivity index (χ2n) is 5.63. The summed E-state index contributed by atoms with van der Waals surface area (Å²) in [5.41, 5.74) is 11.9. The van der Waals surface area contributed by atoms with Gasteiger partial charge in [0.1, 0.15) is 0 Å². The van der Waals surface area contributed by atoms with E-state index in [2.05, 4.69) is 45.9 Å². The summed E-state index contributed by atoms with van der Waals surface area (Å²) in [6.45, 7) is 8.62. The first-order valence-electron chi connectivity index (χ1n) is 7.23. The average molecular weight is 256 g/mol. The Labute approximate surface area is 116 Å². The van der Waals surface area contributed by atoms with E-state index in [1.807, 2.05) is 0 Å². The highest BCUT2D eigenvalue weighted by Crippen LogP contribution is 2.31. The molecule has 0 amide bonds. The van der Waals surface area contributed by atoms with Crippen LogP contribution in [0.2, 0.25) is 0 Å². The quantitative estimate of drug-likeness (QED) is 0.868. The fraction of sp³-hybridized carbons (Fsp3) is 0.471. The molecule has 1 aromatic heterocycles. The predicted molar refractivity (Wildman–Crippen MR) is 83.6 cm³/mol. The van der Waals surface area contributed by atoms with Crippen molar-refractivity contribution in [1.29, 1.82) is 0 Å². The molecule has 0 saturated carbocycles. The zero-order valence-electron chi connectivity index (χ0n) is 12.5. The molecule has 0 fully saturated rings. The third-order valence-corrected chi connectivity index (χ3v) is 3.72. The van der Waals surface area contributed by atoms with Gasteiger partial charge in [-0.25, -0.2) is 0 Å². The SMILES string of the molecule is CCCCc1ccc2nc(C)c(C(C)C)c(N)c2c1. The molecule has 1 aromatic carbocycles. The van der Waals surface area contributed by atoms with Crippen LogP contribution in [0.25, 0.3) is 10.9 Å². The first-order valence-corrected chi connectivity index (χ1v) is 7.23. The molecule has 0 unspecified atom stereocenters. The summed E-state index contributed by atoms with van der Waals surface area (Å²) in [4.78, 5) is 4.70. The van der Waals surface area contributed by atoms with Gasteiger partial charge in [-0.15, -0.1) is 0 Å². The van der Waals surface area contributed by atoms with E-state index in [4.69, 9.17) is 10.7 Å². The number of nitrogens with zero attached hydrogens (tertiary/aromatic N) is 1. The Balaban J connectivity index is 2.57. The third kappa shape index (κ3) is 2.73. The van der Waals surface area contributed by atoms with Crippen LogP contribution in [0.1, 0.15) is 56.4 Å². The van der Waals surface area contributed by atoms with Crippen molar-refractivity contribution < 1.29 is 0 Å². The summed E-state index contributed by atoms with van der Waals surface area (Å²) >= 11 is 0. The molecule has 2 nitrogen and oxygen atoms in total. The molecule has 102 valence electrons. The van der Waals surface area contributed by atoms with Crippen LogP contribution < -0.4 is 5.73 Å². The molecule has 0 radical (unpaired) electrons. The maximum absolute atomic E-state index is 6.38. The molecule has 2 rings (SSSR count). The molecular weight excluding hydrogens is 232 g/mol. The zero-order chi connectivity index (χ0) is 14.0. The number of rotatable bonds is 4. The molecule has 0 saturated heterocycles. The number of aryl methyl sites for hydroxylation is 2. The number of aromatic nitrogens is 1. The van der Waals surface area contributed by atoms with Crippen LogP contribution in [0.15, 0.2) is 18.2 Å². The Morgan fingerprint density at radius 3 is 2.63 bits per heavy atom. The monoisotopic (exact) mass is 256 g/mol. The van der Waals surface area contributed by atoms with Crippen LogP contribution in [0.4, 0.5) is 5.69 Å². The van der Waals surface area contributed by atoms with Gasteiger partial charge in [-0.05, 0) is 48.9 Å². The van der Waals surface area contributed by atoms with E-state index in [1.54, 1.807) is 0 Å². The van der Waals surface area contributed by atoms with Crippen LogP contribution in [-0.4, -0.2) is 4.98 Å². The van der Waals surface area contributed by atoms with Gasteiger partial charge in [0.2, 0.25) is 0 Å². The van der Waals surface area contributed by atoms with Crippen LogP contribution in [-0.2, 0) is 6.42 Å². The van der Waals surface area contributed by atoms with Gasteiger partial charge in [-0.2, -0.15) is 0 Å². The number of hydrogen-bond donors (Lipinski definition) is 1. The van der Waals surface area contributed by atoms with Crippen LogP contribution >= 0.6 is 0 Å². The van der Waals surface area contributed by atoms with Gasteiger partial charge in [-0.3, -0.25) is 4.98 Å². The smallest absolute Gasteiger partial charge is 0.0726 e. The molecule has 19 heavy (non-hydrogen) atoms. The van der Waals surface area contributed by atoms with Crippen molar-refractivity contribution in [2.24, 2.45) is 0 Å². The topological polar surface area (TPSA) is 38.9 Å². The molecule has 0 aliphatic heterocycles. The number of fused-ring (bicyclic) bond motifs is 1. The summed E-state index contributed by atoms with van der Waals surface area (Å²) < 4.78 is 0. The van der Waals surface area contributed by atoms with E-state index in [0.29, 0.717) is 5.92 Å². The van der Waals surface area contributed by atoms with Gasteiger partial charge in [-0.1, -0.05) is 33.3 Å². The molecule has 2 N–H and O–H groups in total. The molecule has 2 aromatic rings. The number of benzene rings is 1.